The molecule has 0 aromatic heterocycles. The number of nitrogens with zero attached hydrogens (tertiary/aromatic N) is 1. The van der Waals surface area contributed by atoms with Crippen molar-refractivity contribution in [2.45, 2.75) is 19.3 Å². The smallest absolute Gasteiger partial charge is 0.101 e. The minimum atomic E-state index is 0.254. The largest absolute Gasteiger partial charge is 0.398 e. The number of aliphatic hydroxyl groups is 1. The van der Waals surface area contributed by atoms with Crippen LogP contribution in [0.25, 0.3) is 0 Å². The number of nitrogens with two attached hydrogens (primary N) is 1. The van der Waals surface area contributed by atoms with E-state index in [1.54, 1.807) is 12.1 Å². The van der Waals surface area contributed by atoms with Crippen molar-refractivity contribution in [2.24, 2.45) is 0 Å². The minimum Gasteiger partial charge on any atom is -0.398 e. The molecule has 0 aliphatic carbocycles. The first kappa shape index (κ1) is 12.3. The summed E-state index contributed by atoms with van der Waals surface area (Å²) in [5.74, 6) is 0. The molecule has 0 heterocycles. The highest BCUT2D eigenvalue weighted by atomic mass is 16.2. The second kappa shape index (κ2) is 6.70. The van der Waals surface area contributed by atoms with Gasteiger partial charge in [-0.15, -0.1) is 0 Å². The number of hydrogen-bond acceptors (Lipinski definition) is 4. The van der Waals surface area contributed by atoms with Crippen molar-refractivity contribution >= 4 is 11.4 Å². The maximum Gasteiger partial charge on any atom is 0.101 e. The molecule has 0 spiro atoms. The van der Waals surface area contributed by atoms with Crippen molar-refractivity contribution in [3.8, 4) is 6.07 Å². The molecule has 0 aliphatic heterocycles. The Labute approximate surface area is 95.7 Å². The number of nitrogen functional groups attached to an aromatic ring is 1. The van der Waals surface area contributed by atoms with Crippen LogP contribution in [0.15, 0.2) is 18.2 Å². The van der Waals surface area contributed by atoms with E-state index in [-0.39, 0.29) is 6.61 Å². The SMILES string of the molecule is N#Cc1ccc(NCCCCCO)cc1N. The molecule has 4 nitrogen and oxygen atoms in total. The first-order chi connectivity index (χ1) is 7.77. The lowest BCUT2D eigenvalue weighted by Gasteiger charge is -2.07. The van der Waals surface area contributed by atoms with Gasteiger partial charge in [0.1, 0.15) is 6.07 Å². The van der Waals surface area contributed by atoms with Crippen LogP contribution in [-0.4, -0.2) is 18.3 Å². The Balaban J connectivity index is 2.38. The molecule has 4 N–H and O–H groups in total. The Hall–Kier alpha value is -1.73. The minimum absolute atomic E-state index is 0.254. The molecule has 1 aromatic rings. The Kier molecular flexibility index (Phi) is 5.17. The Morgan fingerprint density at radius 3 is 2.75 bits per heavy atom. The van der Waals surface area contributed by atoms with Gasteiger partial charge in [-0.25, -0.2) is 0 Å². The molecule has 16 heavy (non-hydrogen) atoms. The van der Waals surface area contributed by atoms with Crippen LogP contribution in [0.3, 0.4) is 0 Å². The van der Waals surface area contributed by atoms with Gasteiger partial charge >= 0.3 is 0 Å². The van der Waals surface area contributed by atoms with Crippen molar-refractivity contribution in [3.63, 3.8) is 0 Å². The second-order valence-corrected chi connectivity index (χ2v) is 3.62. The molecule has 0 atom stereocenters. The molecule has 0 radical (unpaired) electrons. The van der Waals surface area contributed by atoms with Crippen molar-refractivity contribution in [2.75, 3.05) is 24.2 Å². The summed E-state index contributed by atoms with van der Waals surface area (Å²) in [7, 11) is 0. The van der Waals surface area contributed by atoms with Crippen molar-refractivity contribution in [1.82, 2.24) is 0 Å². The number of hydrogen-bond donors (Lipinski definition) is 3. The maximum atomic E-state index is 8.71. The Morgan fingerprint density at radius 1 is 1.31 bits per heavy atom. The molecule has 0 fully saturated rings. The highest BCUT2D eigenvalue weighted by molar-refractivity contribution is 5.62. The lowest BCUT2D eigenvalue weighted by Crippen LogP contribution is -2.02. The monoisotopic (exact) mass is 219 g/mol. The van der Waals surface area contributed by atoms with Gasteiger partial charge in [0, 0.05) is 18.8 Å². The summed E-state index contributed by atoms with van der Waals surface area (Å²) in [4.78, 5) is 0. The maximum absolute atomic E-state index is 8.71. The predicted octanol–water partition coefficient (Wildman–Crippen LogP) is 1.71. The van der Waals surface area contributed by atoms with E-state index in [2.05, 4.69) is 5.32 Å². The quantitative estimate of drug-likeness (QED) is 0.502. The molecular formula is C12H17N3O. The van der Waals surface area contributed by atoms with E-state index >= 15 is 0 Å². The number of rotatable bonds is 6. The summed E-state index contributed by atoms with van der Waals surface area (Å²) in [6.07, 6.45) is 2.87. The normalized spacial score (nSPS) is 9.75. The number of unbranched alkanes of at least 4 members (excludes halogenated alkanes) is 2. The fourth-order valence-electron chi connectivity index (χ4n) is 1.42. The fraction of sp³-hybridized carbons (Fsp3) is 0.417. The van der Waals surface area contributed by atoms with E-state index in [1.165, 1.54) is 0 Å². The number of nitrogens with one attached hydrogen (secondary N) is 1. The molecule has 0 unspecified atom stereocenters. The third kappa shape index (κ3) is 3.79. The van der Waals surface area contributed by atoms with Crippen LogP contribution < -0.4 is 11.1 Å². The molecule has 1 aromatic carbocycles. The van der Waals surface area contributed by atoms with Crippen LogP contribution in [0.5, 0.6) is 0 Å². The average Bonchev–Trinajstić information content (AvgIpc) is 2.29. The summed E-state index contributed by atoms with van der Waals surface area (Å²) in [5.41, 5.74) is 7.63. The molecule has 0 amide bonds. The topological polar surface area (TPSA) is 82.1 Å². The summed E-state index contributed by atoms with van der Waals surface area (Å²) in [6, 6.07) is 7.36. The third-order valence-corrected chi connectivity index (χ3v) is 2.34. The van der Waals surface area contributed by atoms with E-state index in [9.17, 15) is 0 Å². The second-order valence-electron chi connectivity index (χ2n) is 3.62. The van der Waals surface area contributed by atoms with E-state index in [4.69, 9.17) is 16.1 Å². The van der Waals surface area contributed by atoms with Gasteiger partial charge in [0.15, 0.2) is 0 Å². The van der Waals surface area contributed by atoms with Gasteiger partial charge in [-0.3, -0.25) is 0 Å². The standard InChI is InChI=1S/C12H17N3O/c13-9-10-4-5-11(8-12(10)14)15-6-2-1-3-7-16/h4-5,8,15-16H,1-3,6-7,14H2. The van der Waals surface area contributed by atoms with Crippen molar-refractivity contribution in [1.29, 1.82) is 5.26 Å². The van der Waals surface area contributed by atoms with Gasteiger partial charge in [-0.2, -0.15) is 5.26 Å². The molecular weight excluding hydrogens is 202 g/mol. The Bertz CT molecular complexity index is 371. The number of anilines is 2. The summed E-state index contributed by atoms with van der Waals surface area (Å²) < 4.78 is 0. The van der Waals surface area contributed by atoms with E-state index in [0.717, 1.165) is 31.5 Å². The van der Waals surface area contributed by atoms with Crippen LogP contribution in [0.4, 0.5) is 11.4 Å². The summed E-state index contributed by atoms with van der Waals surface area (Å²) in [6.45, 7) is 1.11. The third-order valence-electron chi connectivity index (χ3n) is 2.34. The zero-order valence-corrected chi connectivity index (χ0v) is 9.24. The number of benzene rings is 1. The van der Waals surface area contributed by atoms with E-state index in [0.29, 0.717) is 11.3 Å². The number of aliphatic hydroxyl groups excluding tert-OH is 1. The van der Waals surface area contributed by atoms with Crippen LogP contribution >= 0.6 is 0 Å². The van der Waals surface area contributed by atoms with Gasteiger partial charge < -0.3 is 16.2 Å². The molecule has 86 valence electrons. The zero-order chi connectivity index (χ0) is 11.8. The zero-order valence-electron chi connectivity index (χ0n) is 9.24. The van der Waals surface area contributed by atoms with E-state index < -0.39 is 0 Å². The lowest BCUT2D eigenvalue weighted by molar-refractivity contribution is 0.283. The van der Waals surface area contributed by atoms with Crippen LogP contribution in [0.2, 0.25) is 0 Å². The van der Waals surface area contributed by atoms with Gasteiger partial charge in [0.05, 0.1) is 11.3 Å². The molecule has 4 heteroatoms. The first-order valence-electron chi connectivity index (χ1n) is 5.42. The highest BCUT2D eigenvalue weighted by Gasteiger charge is 1.99. The molecule has 0 aliphatic rings. The highest BCUT2D eigenvalue weighted by Crippen LogP contribution is 2.17. The van der Waals surface area contributed by atoms with Gasteiger partial charge in [-0.1, -0.05) is 0 Å². The summed E-state index contributed by atoms with van der Waals surface area (Å²) in [5, 5.41) is 20.5. The fourth-order valence-corrected chi connectivity index (χ4v) is 1.42. The van der Waals surface area contributed by atoms with Crippen molar-refractivity contribution in [3.05, 3.63) is 23.8 Å². The first-order valence-corrected chi connectivity index (χ1v) is 5.42. The van der Waals surface area contributed by atoms with Crippen LogP contribution in [-0.2, 0) is 0 Å². The summed E-state index contributed by atoms with van der Waals surface area (Å²) >= 11 is 0. The number of nitriles is 1. The molecule has 0 saturated carbocycles. The van der Waals surface area contributed by atoms with Gasteiger partial charge in [-0.05, 0) is 37.5 Å². The van der Waals surface area contributed by atoms with E-state index in [1.807, 2.05) is 12.1 Å². The van der Waals surface area contributed by atoms with Gasteiger partial charge in [0.2, 0.25) is 0 Å². The molecule has 0 bridgehead atoms. The Morgan fingerprint density at radius 2 is 2.12 bits per heavy atom. The molecule has 1 rings (SSSR count). The lowest BCUT2D eigenvalue weighted by atomic mass is 10.1. The molecule has 0 saturated heterocycles. The van der Waals surface area contributed by atoms with Gasteiger partial charge in [0.25, 0.3) is 0 Å². The average molecular weight is 219 g/mol. The van der Waals surface area contributed by atoms with Crippen LogP contribution in [0, 0.1) is 11.3 Å². The predicted molar refractivity (Wildman–Crippen MR) is 65.0 cm³/mol. The van der Waals surface area contributed by atoms with Crippen molar-refractivity contribution < 1.29 is 5.11 Å². The van der Waals surface area contributed by atoms with Crippen LogP contribution in [0.1, 0.15) is 24.8 Å².